The fraction of sp³-hybridized carbons (Fsp3) is 0. The minimum Gasteiger partial charge on any atom is -0.307 e. The molecule has 0 fully saturated rings. The van der Waals surface area contributed by atoms with Crippen LogP contribution < -0.4 is 0 Å². The molecule has 9 aromatic carbocycles. The average Bonchev–Trinajstić information content (AvgIpc) is 3.88. The highest BCUT2D eigenvalue weighted by Crippen LogP contribution is 2.42. The Kier molecular flexibility index (Phi) is 8.42. The molecule has 0 bridgehead atoms. The molecular formula is C57H37N5. The molecule has 0 radical (unpaired) electrons. The monoisotopic (exact) mass is 791 g/mol. The first-order chi connectivity index (χ1) is 30.8. The molecule has 3 aromatic heterocycles. The van der Waals surface area contributed by atoms with Gasteiger partial charge in [0.15, 0.2) is 11.6 Å². The van der Waals surface area contributed by atoms with Crippen molar-refractivity contribution < 1.29 is 0 Å². The van der Waals surface area contributed by atoms with Crippen LogP contribution in [0.2, 0.25) is 0 Å². The molecule has 62 heavy (non-hydrogen) atoms. The highest BCUT2D eigenvalue weighted by molar-refractivity contribution is 6.23. The van der Waals surface area contributed by atoms with Crippen LogP contribution in [0.5, 0.6) is 0 Å². The van der Waals surface area contributed by atoms with Crippen molar-refractivity contribution >= 4 is 43.6 Å². The third-order valence-electron chi connectivity index (χ3n) is 12.0. The molecule has 0 aliphatic rings. The van der Waals surface area contributed by atoms with E-state index in [0.717, 1.165) is 66.3 Å². The van der Waals surface area contributed by atoms with Gasteiger partial charge in [-0.3, -0.25) is 4.57 Å². The van der Waals surface area contributed by atoms with Gasteiger partial charge in [-0.2, -0.15) is 9.97 Å². The second-order valence-corrected chi connectivity index (χ2v) is 15.6. The third kappa shape index (κ3) is 5.90. The van der Waals surface area contributed by atoms with E-state index in [1.807, 2.05) is 18.2 Å². The number of aromatic nitrogens is 5. The zero-order chi connectivity index (χ0) is 41.0. The lowest BCUT2D eigenvalue weighted by molar-refractivity contribution is 0.953. The molecule has 290 valence electrons. The van der Waals surface area contributed by atoms with Gasteiger partial charge in [-0.05, 0) is 69.8 Å². The van der Waals surface area contributed by atoms with E-state index in [1.54, 1.807) is 0 Å². The molecule has 0 N–H and O–H groups in total. The summed E-state index contributed by atoms with van der Waals surface area (Å²) in [5, 5.41) is 4.62. The topological polar surface area (TPSA) is 48.5 Å². The number of benzene rings is 9. The van der Waals surface area contributed by atoms with Crippen LogP contribution in [0.15, 0.2) is 224 Å². The van der Waals surface area contributed by atoms with Crippen LogP contribution in [0.1, 0.15) is 0 Å². The zero-order valence-corrected chi connectivity index (χ0v) is 33.6. The van der Waals surface area contributed by atoms with Gasteiger partial charge in [0, 0.05) is 38.4 Å². The van der Waals surface area contributed by atoms with Crippen LogP contribution in [0.3, 0.4) is 0 Å². The number of fused-ring (bicyclic) bond motifs is 7. The highest BCUT2D eigenvalue weighted by atomic mass is 15.2. The standard InChI is InChI=1S/C57H37N5/c1-4-18-38(19-5-1)45-28-10-11-29-46(45)42-24-16-22-40(36-42)41-23-17-25-43(37-41)56-58-55(39-20-6-2-7-21-39)59-57(60-56)62-52-33-15-13-31-48(52)50-35-34-49-47-30-12-14-32-51(47)61(53(49)54(50)62)44-26-8-3-9-27-44/h1-37H. The summed E-state index contributed by atoms with van der Waals surface area (Å²) in [6.07, 6.45) is 0. The molecule has 0 aliphatic heterocycles. The van der Waals surface area contributed by atoms with Crippen molar-refractivity contribution in [1.29, 1.82) is 0 Å². The van der Waals surface area contributed by atoms with E-state index in [1.165, 1.54) is 27.5 Å². The van der Waals surface area contributed by atoms with E-state index in [-0.39, 0.29) is 0 Å². The molecule has 12 rings (SSSR count). The van der Waals surface area contributed by atoms with Crippen LogP contribution in [0.4, 0.5) is 0 Å². The average molecular weight is 792 g/mol. The van der Waals surface area contributed by atoms with Crippen LogP contribution >= 0.6 is 0 Å². The maximum Gasteiger partial charge on any atom is 0.238 e. The maximum atomic E-state index is 5.41. The minimum atomic E-state index is 0.558. The third-order valence-corrected chi connectivity index (χ3v) is 12.0. The fourth-order valence-electron chi connectivity index (χ4n) is 9.17. The van der Waals surface area contributed by atoms with Crippen molar-refractivity contribution in [3.63, 3.8) is 0 Å². The molecule has 5 heteroatoms. The van der Waals surface area contributed by atoms with Crippen molar-refractivity contribution in [2.24, 2.45) is 0 Å². The van der Waals surface area contributed by atoms with Crippen molar-refractivity contribution in [1.82, 2.24) is 24.1 Å². The van der Waals surface area contributed by atoms with Crippen molar-refractivity contribution in [2.45, 2.75) is 0 Å². The predicted octanol–water partition coefficient (Wildman–Crippen LogP) is 14.4. The summed E-state index contributed by atoms with van der Waals surface area (Å²) in [7, 11) is 0. The summed E-state index contributed by atoms with van der Waals surface area (Å²) in [6, 6.07) is 79.2. The van der Waals surface area contributed by atoms with Gasteiger partial charge in [0.05, 0.1) is 22.1 Å². The lowest BCUT2D eigenvalue weighted by Crippen LogP contribution is -2.07. The van der Waals surface area contributed by atoms with Crippen molar-refractivity contribution in [3.8, 4) is 67.8 Å². The van der Waals surface area contributed by atoms with Gasteiger partial charge in [-0.25, -0.2) is 4.98 Å². The van der Waals surface area contributed by atoms with Gasteiger partial charge in [-0.15, -0.1) is 0 Å². The lowest BCUT2D eigenvalue weighted by atomic mass is 9.92. The number of hydrogen-bond donors (Lipinski definition) is 0. The minimum absolute atomic E-state index is 0.558. The summed E-state index contributed by atoms with van der Waals surface area (Å²) in [4.78, 5) is 15.9. The summed E-state index contributed by atoms with van der Waals surface area (Å²) < 4.78 is 4.64. The van der Waals surface area contributed by atoms with E-state index in [9.17, 15) is 0 Å². The Hall–Kier alpha value is -8.41. The number of nitrogens with zero attached hydrogens (tertiary/aromatic N) is 5. The molecule has 0 spiro atoms. The zero-order valence-electron chi connectivity index (χ0n) is 33.6. The fourth-order valence-corrected chi connectivity index (χ4v) is 9.17. The maximum absolute atomic E-state index is 5.41. The largest absolute Gasteiger partial charge is 0.307 e. The first kappa shape index (κ1) is 35.5. The molecule has 0 saturated carbocycles. The Morgan fingerprint density at radius 2 is 0.710 bits per heavy atom. The summed E-state index contributed by atoms with van der Waals surface area (Å²) in [5.74, 6) is 1.77. The van der Waals surface area contributed by atoms with Gasteiger partial charge in [-0.1, -0.05) is 188 Å². The van der Waals surface area contributed by atoms with Crippen molar-refractivity contribution in [3.05, 3.63) is 224 Å². The van der Waals surface area contributed by atoms with Crippen LogP contribution in [0.25, 0.3) is 111 Å². The number of rotatable bonds is 7. The first-order valence-corrected chi connectivity index (χ1v) is 21.0. The molecule has 0 saturated heterocycles. The van der Waals surface area contributed by atoms with Gasteiger partial charge in [0.2, 0.25) is 5.95 Å². The Labute approximate surface area is 358 Å². The molecule has 5 nitrogen and oxygen atoms in total. The Bertz CT molecular complexity index is 3620. The highest BCUT2D eigenvalue weighted by Gasteiger charge is 2.23. The van der Waals surface area contributed by atoms with Crippen LogP contribution in [-0.2, 0) is 0 Å². The molecule has 3 heterocycles. The molecule has 0 unspecified atom stereocenters. The lowest BCUT2D eigenvalue weighted by Gasteiger charge is -2.14. The predicted molar refractivity (Wildman–Crippen MR) is 256 cm³/mol. The smallest absolute Gasteiger partial charge is 0.238 e. The number of para-hydroxylation sites is 3. The molecule has 0 amide bonds. The van der Waals surface area contributed by atoms with E-state index in [2.05, 4.69) is 215 Å². The summed E-state index contributed by atoms with van der Waals surface area (Å²) >= 11 is 0. The first-order valence-electron chi connectivity index (χ1n) is 21.0. The molecule has 12 aromatic rings. The Morgan fingerprint density at radius 1 is 0.274 bits per heavy atom. The van der Waals surface area contributed by atoms with Crippen molar-refractivity contribution in [2.75, 3.05) is 0 Å². The number of hydrogen-bond acceptors (Lipinski definition) is 3. The van der Waals surface area contributed by atoms with E-state index >= 15 is 0 Å². The second kappa shape index (κ2) is 14.7. The van der Waals surface area contributed by atoms with Crippen LogP contribution in [-0.4, -0.2) is 24.1 Å². The van der Waals surface area contributed by atoms with E-state index in [4.69, 9.17) is 15.0 Å². The SMILES string of the molecule is c1ccc(-c2nc(-c3cccc(-c4cccc(-c5ccccc5-c5ccccc5)c4)c3)nc(-n3c4ccccc4c4ccc5c6ccccc6n(-c6ccccc6)c5c43)n2)cc1. The summed E-state index contributed by atoms with van der Waals surface area (Å²) in [5.41, 5.74) is 14.2. The summed E-state index contributed by atoms with van der Waals surface area (Å²) in [6.45, 7) is 0. The van der Waals surface area contributed by atoms with Gasteiger partial charge < -0.3 is 4.57 Å². The van der Waals surface area contributed by atoms with Crippen LogP contribution in [0, 0.1) is 0 Å². The molecule has 0 aliphatic carbocycles. The van der Waals surface area contributed by atoms with Gasteiger partial charge >= 0.3 is 0 Å². The van der Waals surface area contributed by atoms with Gasteiger partial charge in [0.1, 0.15) is 0 Å². The molecular weight excluding hydrogens is 755 g/mol. The van der Waals surface area contributed by atoms with E-state index < -0.39 is 0 Å². The second-order valence-electron chi connectivity index (χ2n) is 15.6. The molecule has 0 atom stereocenters. The quantitative estimate of drug-likeness (QED) is 0.162. The van der Waals surface area contributed by atoms with Gasteiger partial charge in [0.25, 0.3) is 0 Å². The Morgan fingerprint density at radius 3 is 1.35 bits per heavy atom. The Balaban J connectivity index is 1.08. The van der Waals surface area contributed by atoms with E-state index in [0.29, 0.717) is 17.6 Å². The normalized spacial score (nSPS) is 11.5.